The average molecular weight is 359 g/mol. The Bertz CT molecular complexity index is 934. The molecule has 3 rings (SSSR count). The fraction of sp³-hybridized carbons (Fsp3) is 0.316. The minimum absolute atomic E-state index is 0.214. The van der Waals surface area contributed by atoms with Gasteiger partial charge < -0.3 is 5.11 Å². The predicted octanol–water partition coefficient (Wildman–Crippen LogP) is 3.20. The van der Waals surface area contributed by atoms with Crippen molar-refractivity contribution in [2.75, 3.05) is 12.3 Å². The highest BCUT2D eigenvalue weighted by Gasteiger charge is 2.28. The molecule has 0 atom stereocenters. The van der Waals surface area contributed by atoms with Gasteiger partial charge in [0.2, 0.25) is 10.0 Å². The molecule has 132 valence electrons. The predicted molar refractivity (Wildman–Crippen MR) is 97.1 cm³/mol. The Kier molecular flexibility index (Phi) is 4.67. The zero-order valence-electron chi connectivity index (χ0n) is 14.3. The first-order chi connectivity index (χ1) is 11.8. The molecule has 2 aromatic carbocycles. The Morgan fingerprint density at radius 2 is 1.92 bits per heavy atom. The van der Waals surface area contributed by atoms with Gasteiger partial charge in [0.1, 0.15) is 0 Å². The molecule has 5 nitrogen and oxygen atoms in total. The van der Waals surface area contributed by atoms with E-state index in [1.54, 1.807) is 13.0 Å². The van der Waals surface area contributed by atoms with Crippen molar-refractivity contribution >= 4 is 16.0 Å². The SMILES string of the molecule is Cc1cc(C)c(-c2cccc(CN3CCCS3(=O)=O)c2)cc1C(=O)O. The Hall–Kier alpha value is -2.18. The summed E-state index contributed by atoms with van der Waals surface area (Å²) >= 11 is 0. The number of benzene rings is 2. The molecule has 6 heteroatoms. The zero-order chi connectivity index (χ0) is 18.2. The van der Waals surface area contributed by atoms with Crippen molar-refractivity contribution in [1.29, 1.82) is 0 Å². The molecule has 1 saturated heterocycles. The van der Waals surface area contributed by atoms with Crippen molar-refractivity contribution in [1.82, 2.24) is 4.31 Å². The molecule has 1 N–H and O–H groups in total. The topological polar surface area (TPSA) is 74.7 Å². The second-order valence-electron chi connectivity index (χ2n) is 6.49. The number of sulfonamides is 1. The fourth-order valence-corrected chi connectivity index (χ4v) is 4.81. The third-order valence-corrected chi connectivity index (χ3v) is 6.50. The van der Waals surface area contributed by atoms with Crippen LogP contribution in [0, 0.1) is 13.8 Å². The third kappa shape index (κ3) is 3.60. The molecule has 0 aliphatic carbocycles. The van der Waals surface area contributed by atoms with Crippen LogP contribution >= 0.6 is 0 Å². The quantitative estimate of drug-likeness (QED) is 0.910. The standard InChI is InChI=1S/C19H21NO4S/c1-13-9-14(2)18(19(21)22)11-17(13)16-6-3-5-15(10-16)12-20-7-4-8-25(20,23)24/h3,5-6,9-11H,4,7-8,12H2,1-2H3,(H,21,22). The van der Waals surface area contributed by atoms with Crippen molar-refractivity contribution in [3.63, 3.8) is 0 Å². The number of aromatic carboxylic acids is 1. The van der Waals surface area contributed by atoms with Gasteiger partial charge in [0.15, 0.2) is 0 Å². The summed E-state index contributed by atoms with van der Waals surface area (Å²) in [6.07, 6.45) is 0.668. The normalized spacial score (nSPS) is 16.9. The average Bonchev–Trinajstić information content (AvgIpc) is 2.86. The molecular weight excluding hydrogens is 338 g/mol. The van der Waals surface area contributed by atoms with E-state index in [0.29, 0.717) is 19.5 Å². The molecule has 0 unspecified atom stereocenters. The van der Waals surface area contributed by atoms with Crippen LogP contribution in [0.25, 0.3) is 11.1 Å². The molecule has 1 aliphatic heterocycles. The van der Waals surface area contributed by atoms with Gasteiger partial charge in [-0.1, -0.05) is 24.3 Å². The first kappa shape index (κ1) is 17.6. The minimum Gasteiger partial charge on any atom is -0.478 e. The Balaban J connectivity index is 1.97. The highest BCUT2D eigenvalue weighted by molar-refractivity contribution is 7.89. The lowest BCUT2D eigenvalue weighted by molar-refractivity contribution is 0.0696. The maximum atomic E-state index is 12.0. The van der Waals surface area contributed by atoms with Crippen molar-refractivity contribution in [2.45, 2.75) is 26.8 Å². The van der Waals surface area contributed by atoms with Crippen LogP contribution in [-0.4, -0.2) is 36.1 Å². The maximum absolute atomic E-state index is 12.0. The molecule has 0 radical (unpaired) electrons. The highest BCUT2D eigenvalue weighted by Crippen LogP contribution is 2.28. The Morgan fingerprint density at radius 3 is 2.56 bits per heavy atom. The summed E-state index contributed by atoms with van der Waals surface area (Å²) < 4.78 is 25.5. The van der Waals surface area contributed by atoms with Gasteiger partial charge in [-0.3, -0.25) is 0 Å². The second-order valence-corrected chi connectivity index (χ2v) is 8.58. The van der Waals surface area contributed by atoms with E-state index in [1.165, 1.54) is 4.31 Å². The van der Waals surface area contributed by atoms with E-state index in [4.69, 9.17) is 0 Å². The first-order valence-electron chi connectivity index (χ1n) is 8.19. The summed E-state index contributed by atoms with van der Waals surface area (Å²) in [5.74, 6) is -0.732. The van der Waals surface area contributed by atoms with Gasteiger partial charge >= 0.3 is 5.97 Å². The molecular formula is C19H21NO4S. The van der Waals surface area contributed by atoms with Crippen molar-refractivity contribution in [3.05, 3.63) is 58.7 Å². The van der Waals surface area contributed by atoms with Crippen LogP contribution in [-0.2, 0) is 16.6 Å². The summed E-state index contributed by atoms with van der Waals surface area (Å²) in [7, 11) is -3.14. The molecule has 0 aromatic heterocycles. The number of hydrogen-bond acceptors (Lipinski definition) is 3. The number of nitrogens with zero attached hydrogens (tertiary/aromatic N) is 1. The first-order valence-corrected chi connectivity index (χ1v) is 9.80. The van der Waals surface area contributed by atoms with Crippen molar-refractivity contribution in [3.8, 4) is 11.1 Å². The molecule has 1 aliphatic rings. The Morgan fingerprint density at radius 1 is 1.16 bits per heavy atom. The lowest BCUT2D eigenvalue weighted by Crippen LogP contribution is -2.25. The zero-order valence-corrected chi connectivity index (χ0v) is 15.1. The van der Waals surface area contributed by atoms with E-state index in [0.717, 1.165) is 27.8 Å². The third-order valence-electron chi connectivity index (χ3n) is 4.60. The van der Waals surface area contributed by atoms with E-state index in [2.05, 4.69) is 0 Å². The lowest BCUT2D eigenvalue weighted by atomic mass is 9.94. The molecule has 1 heterocycles. The van der Waals surface area contributed by atoms with E-state index >= 15 is 0 Å². The molecule has 0 amide bonds. The van der Waals surface area contributed by atoms with Crippen LogP contribution in [0.15, 0.2) is 36.4 Å². The van der Waals surface area contributed by atoms with Crippen molar-refractivity contribution in [2.24, 2.45) is 0 Å². The molecule has 1 fully saturated rings. The Labute approximate surface area is 148 Å². The van der Waals surface area contributed by atoms with Gasteiger partial charge in [0.05, 0.1) is 11.3 Å². The second kappa shape index (κ2) is 6.61. The van der Waals surface area contributed by atoms with E-state index in [9.17, 15) is 18.3 Å². The smallest absolute Gasteiger partial charge is 0.335 e. The molecule has 2 aromatic rings. The molecule has 0 spiro atoms. The van der Waals surface area contributed by atoms with E-state index in [1.807, 2.05) is 37.3 Å². The van der Waals surface area contributed by atoms with Gasteiger partial charge in [-0.15, -0.1) is 0 Å². The lowest BCUT2D eigenvalue weighted by Gasteiger charge is -2.16. The van der Waals surface area contributed by atoms with Gasteiger partial charge in [-0.2, -0.15) is 4.31 Å². The van der Waals surface area contributed by atoms with Crippen LogP contribution in [0.4, 0.5) is 0 Å². The van der Waals surface area contributed by atoms with E-state index in [-0.39, 0.29) is 11.3 Å². The van der Waals surface area contributed by atoms with Crippen LogP contribution in [0.1, 0.15) is 33.5 Å². The molecule has 0 saturated carbocycles. The van der Waals surface area contributed by atoms with E-state index < -0.39 is 16.0 Å². The number of aryl methyl sites for hydroxylation is 2. The summed E-state index contributed by atoms with van der Waals surface area (Å²) in [5, 5.41) is 9.36. The van der Waals surface area contributed by atoms with Crippen LogP contribution in [0.3, 0.4) is 0 Å². The highest BCUT2D eigenvalue weighted by atomic mass is 32.2. The molecule has 25 heavy (non-hydrogen) atoms. The van der Waals surface area contributed by atoms with Gasteiger partial charge in [0.25, 0.3) is 0 Å². The minimum atomic E-state index is -3.14. The summed E-state index contributed by atoms with van der Waals surface area (Å²) in [6, 6.07) is 11.2. The fourth-order valence-electron chi connectivity index (χ4n) is 3.30. The van der Waals surface area contributed by atoms with Crippen LogP contribution in [0.5, 0.6) is 0 Å². The summed E-state index contributed by atoms with van der Waals surface area (Å²) in [6.45, 7) is 4.65. The number of hydrogen-bond donors (Lipinski definition) is 1. The van der Waals surface area contributed by atoms with Gasteiger partial charge in [-0.25, -0.2) is 13.2 Å². The van der Waals surface area contributed by atoms with Gasteiger partial charge in [-0.05, 0) is 60.2 Å². The van der Waals surface area contributed by atoms with Crippen LogP contribution in [0.2, 0.25) is 0 Å². The monoisotopic (exact) mass is 359 g/mol. The number of carboxylic acids is 1. The maximum Gasteiger partial charge on any atom is 0.335 e. The number of rotatable bonds is 4. The largest absolute Gasteiger partial charge is 0.478 e. The van der Waals surface area contributed by atoms with Gasteiger partial charge in [0, 0.05) is 13.1 Å². The number of carbonyl (C=O) groups is 1. The molecule has 0 bridgehead atoms. The summed E-state index contributed by atoms with van der Waals surface area (Å²) in [5.41, 5.74) is 4.66. The van der Waals surface area contributed by atoms with Crippen molar-refractivity contribution < 1.29 is 18.3 Å². The summed E-state index contributed by atoms with van der Waals surface area (Å²) in [4.78, 5) is 11.4. The number of carboxylic acid groups (broad SMARTS) is 1. The van der Waals surface area contributed by atoms with Crippen LogP contribution < -0.4 is 0 Å².